The molecular formula is C17H23ClO2. The quantitative estimate of drug-likeness (QED) is 0.772. The highest BCUT2D eigenvalue weighted by Crippen LogP contribution is 2.34. The Bertz CT molecular complexity index is 458. The standard InChI is InChI=1S/C17H23ClO2/c1-3-13-7-4-5-10-16(13)17(19)12(2)20-15-9-6-8-14(18)11-15/h6,8-9,11-13,16H,3-5,7,10H2,1-2H3. The Kier molecular flexibility index (Phi) is 5.47. The van der Waals surface area contributed by atoms with Gasteiger partial charge in [0.25, 0.3) is 0 Å². The van der Waals surface area contributed by atoms with Crippen LogP contribution in [0.3, 0.4) is 0 Å². The van der Waals surface area contributed by atoms with Gasteiger partial charge < -0.3 is 4.74 Å². The molecule has 0 N–H and O–H groups in total. The summed E-state index contributed by atoms with van der Waals surface area (Å²) in [6.45, 7) is 4.03. The molecule has 110 valence electrons. The van der Waals surface area contributed by atoms with Gasteiger partial charge in [0.2, 0.25) is 0 Å². The molecule has 20 heavy (non-hydrogen) atoms. The van der Waals surface area contributed by atoms with Gasteiger partial charge >= 0.3 is 0 Å². The average Bonchev–Trinajstić information content (AvgIpc) is 2.46. The van der Waals surface area contributed by atoms with Crippen LogP contribution in [0, 0.1) is 11.8 Å². The van der Waals surface area contributed by atoms with Gasteiger partial charge in [-0.3, -0.25) is 4.79 Å². The van der Waals surface area contributed by atoms with Gasteiger partial charge in [-0.15, -0.1) is 0 Å². The predicted octanol–water partition coefficient (Wildman–Crippen LogP) is 4.89. The van der Waals surface area contributed by atoms with Gasteiger partial charge in [0.05, 0.1) is 0 Å². The summed E-state index contributed by atoms with van der Waals surface area (Å²) in [6, 6.07) is 7.23. The van der Waals surface area contributed by atoms with E-state index in [1.807, 2.05) is 19.1 Å². The van der Waals surface area contributed by atoms with E-state index in [9.17, 15) is 4.79 Å². The minimum absolute atomic E-state index is 0.169. The first-order valence-corrected chi connectivity index (χ1v) is 7.95. The SMILES string of the molecule is CCC1CCCCC1C(=O)C(C)Oc1cccc(Cl)c1. The number of halogens is 1. The van der Waals surface area contributed by atoms with Crippen molar-refractivity contribution in [1.82, 2.24) is 0 Å². The molecular weight excluding hydrogens is 272 g/mol. The zero-order chi connectivity index (χ0) is 14.5. The fourth-order valence-corrected chi connectivity index (χ4v) is 3.36. The fraction of sp³-hybridized carbons (Fsp3) is 0.588. The van der Waals surface area contributed by atoms with Gasteiger partial charge in [0.1, 0.15) is 5.75 Å². The van der Waals surface area contributed by atoms with Crippen molar-refractivity contribution in [3.63, 3.8) is 0 Å². The van der Waals surface area contributed by atoms with E-state index in [1.54, 1.807) is 12.1 Å². The maximum absolute atomic E-state index is 12.6. The number of carbonyl (C=O) groups is 1. The molecule has 1 fully saturated rings. The average molecular weight is 295 g/mol. The van der Waals surface area contributed by atoms with E-state index in [0.29, 0.717) is 16.7 Å². The van der Waals surface area contributed by atoms with Gasteiger partial charge in [0, 0.05) is 10.9 Å². The van der Waals surface area contributed by atoms with Crippen LogP contribution in [-0.2, 0) is 4.79 Å². The van der Waals surface area contributed by atoms with Crippen molar-refractivity contribution >= 4 is 17.4 Å². The molecule has 0 spiro atoms. The van der Waals surface area contributed by atoms with Crippen LogP contribution in [0.4, 0.5) is 0 Å². The second-order valence-corrected chi connectivity index (χ2v) is 6.12. The van der Waals surface area contributed by atoms with Crippen LogP contribution in [-0.4, -0.2) is 11.9 Å². The number of hydrogen-bond acceptors (Lipinski definition) is 2. The lowest BCUT2D eigenvalue weighted by Crippen LogP contribution is -2.36. The third kappa shape index (κ3) is 3.76. The molecule has 1 aliphatic rings. The van der Waals surface area contributed by atoms with Gasteiger partial charge in [-0.2, -0.15) is 0 Å². The number of ketones is 1. The Morgan fingerprint density at radius 2 is 2.15 bits per heavy atom. The van der Waals surface area contributed by atoms with Crippen molar-refractivity contribution in [3.05, 3.63) is 29.3 Å². The normalized spacial score (nSPS) is 24.1. The van der Waals surface area contributed by atoms with E-state index in [4.69, 9.17) is 16.3 Å². The number of carbonyl (C=O) groups excluding carboxylic acids is 1. The number of benzene rings is 1. The van der Waals surface area contributed by atoms with E-state index in [2.05, 4.69) is 6.92 Å². The highest BCUT2D eigenvalue weighted by atomic mass is 35.5. The number of hydrogen-bond donors (Lipinski definition) is 0. The summed E-state index contributed by atoms with van der Waals surface area (Å²) in [5.74, 6) is 1.61. The molecule has 2 nitrogen and oxygen atoms in total. The van der Waals surface area contributed by atoms with Crippen LogP contribution in [0.1, 0.15) is 46.0 Å². The molecule has 0 saturated heterocycles. The third-order valence-electron chi connectivity index (χ3n) is 4.31. The molecule has 0 aromatic heterocycles. The highest BCUT2D eigenvalue weighted by molar-refractivity contribution is 6.30. The second kappa shape index (κ2) is 7.12. The fourth-order valence-electron chi connectivity index (χ4n) is 3.17. The van der Waals surface area contributed by atoms with Crippen LogP contribution >= 0.6 is 11.6 Å². The molecule has 1 aromatic rings. The summed E-state index contributed by atoms with van der Waals surface area (Å²) in [6.07, 6.45) is 5.30. The molecule has 1 saturated carbocycles. The van der Waals surface area contributed by atoms with Crippen LogP contribution in [0.15, 0.2) is 24.3 Å². The summed E-state index contributed by atoms with van der Waals surface area (Å²) in [4.78, 5) is 12.6. The Morgan fingerprint density at radius 1 is 1.40 bits per heavy atom. The summed E-state index contributed by atoms with van der Waals surface area (Å²) in [5, 5.41) is 0.631. The zero-order valence-electron chi connectivity index (χ0n) is 12.3. The van der Waals surface area contributed by atoms with Gasteiger partial charge in [0.15, 0.2) is 11.9 Å². The van der Waals surface area contributed by atoms with Crippen molar-refractivity contribution < 1.29 is 9.53 Å². The molecule has 0 heterocycles. The number of ether oxygens (including phenoxy) is 1. The highest BCUT2D eigenvalue weighted by Gasteiger charge is 2.33. The van der Waals surface area contributed by atoms with Crippen LogP contribution in [0.25, 0.3) is 0 Å². The van der Waals surface area contributed by atoms with Crippen LogP contribution in [0.2, 0.25) is 5.02 Å². The smallest absolute Gasteiger partial charge is 0.176 e. The molecule has 3 unspecified atom stereocenters. The Morgan fingerprint density at radius 3 is 2.85 bits per heavy atom. The zero-order valence-corrected chi connectivity index (χ0v) is 13.0. The Balaban J connectivity index is 2.00. The molecule has 3 atom stereocenters. The van der Waals surface area contributed by atoms with E-state index >= 15 is 0 Å². The lowest BCUT2D eigenvalue weighted by Gasteiger charge is -2.31. The van der Waals surface area contributed by atoms with Crippen molar-refractivity contribution in [2.75, 3.05) is 0 Å². The molecule has 0 bridgehead atoms. The first kappa shape index (κ1) is 15.4. The van der Waals surface area contributed by atoms with Gasteiger partial charge in [-0.05, 0) is 43.9 Å². The van der Waals surface area contributed by atoms with Crippen molar-refractivity contribution in [2.24, 2.45) is 11.8 Å². The first-order valence-electron chi connectivity index (χ1n) is 7.57. The first-order chi connectivity index (χ1) is 9.61. The maximum Gasteiger partial charge on any atom is 0.176 e. The molecule has 1 aromatic carbocycles. The van der Waals surface area contributed by atoms with Crippen molar-refractivity contribution in [2.45, 2.75) is 52.1 Å². The number of Topliss-reactive ketones (excluding diaryl/α,β-unsaturated/α-hetero) is 1. The molecule has 2 rings (SSSR count). The Labute approximate surface area is 126 Å². The van der Waals surface area contributed by atoms with Crippen LogP contribution < -0.4 is 4.74 Å². The maximum atomic E-state index is 12.6. The number of rotatable bonds is 5. The predicted molar refractivity (Wildman–Crippen MR) is 82.3 cm³/mol. The summed E-state index contributed by atoms with van der Waals surface area (Å²) in [7, 11) is 0. The van der Waals surface area contributed by atoms with E-state index < -0.39 is 6.10 Å². The molecule has 0 radical (unpaired) electrons. The van der Waals surface area contributed by atoms with Crippen LogP contribution in [0.5, 0.6) is 5.75 Å². The molecule has 0 amide bonds. The topological polar surface area (TPSA) is 26.3 Å². The van der Waals surface area contributed by atoms with Gasteiger partial charge in [-0.1, -0.05) is 43.9 Å². The minimum Gasteiger partial charge on any atom is -0.483 e. The minimum atomic E-state index is -0.398. The lowest BCUT2D eigenvalue weighted by molar-refractivity contribution is -0.132. The van der Waals surface area contributed by atoms with E-state index in [1.165, 1.54) is 12.8 Å². The summed E-state index contributed by atoms with van der Waals surface area (Å²) >= 11 is 5.94. The van der Waals surface area contributed by atoms with Gasteiger partial charge in [-0.25, -0.2) is 0 Å². The molecule has 3 heteroatoms. The molecule has 1 aliphatic carbocycles. The van der Waals surface area contributed by atoms with Crippen molar-refractivity contribution in [3.8, 4) is 5.75 Å². The van der Waals surface area contributed by atoms with Crippen molar-refractivity contribution in [1.29, 1.82) is 0 Å². The van der Waals surface area contributed by atoms with E-state index in [-0.39, 0.29) is 11.7 Å². The third-order valence-corrected chi connectivity index (χ3v) is 4.54. The largest absolute Gasteiger partial charge is 0.483 e. The second-order valence-electron chi connectivity index (χ2n) is 5.68. The Hall–Kier alpha value is -1.02. The lowest BCUT2D eigenvalue weighted by atomic mass is 9.74. The molecule has 0 aliphatic heterocycles. The summed E-state index contributed by atoms with van der Waals surface area (Å²) < 4.78 is 5.77. The van der Waals surface area contributed by atoms with E-state index in [0.717, 1.165) is 19.3 Å². The summed E-state index contributed by atoms with van der Waals surface area (Å²) in [5.41, 5.74) is 0. The monoisotopic (exact) mass is 294 g/mol.